The molecular formula is C14H26N2O2S. The van der Waals surface area contributed by atoms with Crippen LogP contribution in [-0.2, 0) is 9.84 Å². The number of hydrogen-bond acceptors (Lipinski definition) is 4. The van der Waals surface area contributed by atoms with E-state index >= 15 is 0 Å². The highest BCUT2D eigenvalue weighted by Gasteiger charge is 2.42. The van der Waals surface area contributed by atoms with Crippen molar-refractivity contribution in [2.75, 3.05) is 18.6 Å². The summed E-state index contributed by atoms with van der Waals surface area (Å²) in [6.45, 7) is 0. The topological polar surface area (TPSA) is 49.4 Å². The van der Waals surface area contributed by atoms with Gasteiger partial charge in [0.05, 0.1) is 11.5 Å². The Morgan fingerprint density at radius 3 is 2.05 bits per heavy atom. The summed E-state index contributed by atoms with van der Waals surface area (Å²) in [5, 5.41) is 3.45. The molecule has 110 valence electrons. The summed E-state index contributed by atoms with van der Waals surface area (Å²) in [6.07, 6.45) is 8.18. The summed E-state index contributed by atoms with van der Waals surface area (Å²) >= 11 is 0. The van der Waals surface area contributed by atoms with Gasteiger partial charge in [-0.05, 0) is 45.6 Å². The van der Waals surface area contributed by atoms with Crippen molar-refractivity contribution in [3.63, 3.8) is 0 Å². The molecule has 0 aromatic heterocycles. The van der Waals surface area contributed by atoms with Crippen molar-refractivity contribution in [3.05, 3.63) is 0 Å². The van der Waals surface area contributed by atoms with Gasteiger partial charge in [-0.1, -0.05) is 6.42 Å². The molecule has 3 heterocycles. The molecule has 2 unspecified atom stereocenters. The number of rotatable bonds is 2. The lowest BCUT2D eigenvalue weighted by molar-refractivity contribution is -0.0128. The van der Waals surface area contributed by atoms with E-state index in [1.165, 1.54) is 32.1 Å². The first-order valence-corrected chi connectivity index (χ1v) is 9.56. The smallest absolute Gasteiger partial charge is 0.150 e. The molecule has 3 fully saturated rings. The van der Waals surface area contributed by atoms with Crippen molar-refractivity contribution in [1.29, 1.82) is 0 Å². The van der Waals surface area contributed by atoms with Crippen LogP contribution in [0.2, 0.25) is 0 Å². The minimum absolute atomic E-state index is 0.406. The monoisotopic (exact) mass is 286 g/mol. The summed E-state index contributed by atoms with van der Waals surface area (Å²) in [7, 11) is -0.660. The molecule has 0 aromatic carbocycles. The van der Waals surface area contributed by atoms with Crippen LogP contribution in [-0.4, -0.2) is 56.0 Å². The fraction of sp³-hybridized carbons (Fsp3) is 1.00. The van der Waals surface area contributed by atoms with Crippen LogP contribution < -0.4 is 5.32 Å². The van der Waals surface area contributed by atoms with Gasteiger partial charge in [-0.3, -0.25) is 4.90 Å². The van der Waals surface area contributed by atoms with Gasteiger partial charge in [-0.25, -0.2) is 8.42 Å². The van der Waals surface area contributed by atoms with Crippen molar-refractivity contribution >= 4 is 9.84 Å². The van der Waals surface area contributed by atoms with Crippen molar-refractivity contribution in [1.82, 2.24) is 10.2 Å². The minimum Gasteiger partial charge on any atom is -0.317 e. The summed E-state index contributed by atoms with van der Waals surface area (Å²) < 4.78 is 23.2. The zero-order chi connectivity index (χ0) is 13.5. The van der Waals surface area contributed by atoms with Gasteiger partial charge in [-0.15, -0.1) is 0 Å². The lowest BCUT2D eigenvalue weighted by Crippen LogP contribution is -2.60. The quantitative estimate of drug-likeness (QED) is 0.828. The molecule has 2 bridgehead atoms. The summed E-state index contributed by atoms with van der Waals surface area (Å²) in [4.78, 5) is 2.71. The van der Waals surface area contributed by atoms with Crippen LogP contribution in [0.4, 0.5) is 0 Å². The van der Waals surface area contributed by atoms with Crippen molar-refractivity contribution < 1.29 is 8.42 Å². The van der Waals surface area contributed by atoms with Crippen molar-refractivity contribution in [2.45, 2.75) is 69.1 Å². The van der Waals surface area contributed by atoms with E-state index in [-0.39, 0.29) is 0 Å². The maximum atomic E-state index is 11.6. The maximum Gasteiger partial charge on any atom is 0.150 e. The molecule has 2 atom stereocenters. The molecule has 4 nitrogen and oxygen atoms in total. The lowest BCUT2D eigenvalue weighted by atomic mass is 9.80. The van der Waals surface area contributed by atoms with Crippen molar-refractivity contribution in [2.24, 2.45) is 0 Å². The normalized spacial score (nSPS) is 40.2. The fourth-order valence-corrected chi connectivity index (χ4v) is 5.89. The fourth-order valence-electron chi connectivity index (χ4n) is 4.43. The zero-order valence-corrected chi connectivity index (χ0v) is 12.7. The highest BCUT2D eigenvalue weighted by atomic mass is 32.2. The zero-order valence-electron chi connectivity index (χ0n) is 11.8. The molecule has 0 saturated carbocycles. The number of piperidine rings is 2. The van der Waals surface area contributed by atoms with Gasteiger partial charge in [0.2, 0.25) is 0 Å². The Morgan fingerprint density at radius 1 is 0.947 bits per heavy atom. The number of nitrogens with zero attached hydrogens (tertiary/aromatic N) is 1. The van der Waals surface area contributed by atoms with E-state index in [0.717, 1.165) is 12.8 Å². The average Bonchev–Trinajstić information content (AvgIpc) is 2.37. The second-order valence-corrected chi connectivity index (χ2v) is 8.83. The maximum absolute atomic E-state index is 11.6. The third-order valence-electron chi connectivity index (χ3n) is 5.39. The van der Waals surface area contributed by atoms with E-state index in [4.69, 9.17) is 0 Å². The van der Waals surface area contributed by atoms with Crippen LogP contribution >= 0.6 is 0 Å². The number of nitrogens with one attached hydrogen (secondary N) is 1. The van der Waals surface area contributed by atoms with E-state index in [2.05, 4.69) is 17.3 Å². The first-order valence-electron chi connectivity index (χ1n) is 7.74. The van der Waals surface area contributed by atoms with E-state index < -0.39 is 9.84 Å². The summed E-state index contributed by atoms with van der Waals surface area (Å²) in [6, 6.07) is 2.57. The minimum atomic E-state index is -2.73. The molecule has 3 rings (SSSR count). The average molecular weight is 286 g/mol. The van der Waals surface area contributed by atoms with Crippen LogP contribution in [0.5, 0.6) is 0 Å². The SMILES string of the molecule is CNC1CC2CCCC(C1)N2C1CCS(=O)(=O)CC1. The molecule has 3 saturated heterocycles. The first-order chi connectivity index (χ1) is 9.09. The molecule has 1 N–H and O–H groups in total. The highest BCUT2D eigenvalue weighted by Crippen LogP contribution is 2.37. The van der Waals surface area contributed by atoms with Crippen molar-refractivity contribution in [3.8, 4) is 0 Å². The second-order valence-electron chi connectivity index (χ2n) is 6.53. The van der Waals surface area contributed by atoms with Gasteiger partial charge in [-0.2, -0.15) is 0 Å². The van der Waals surface area contributed by atoms with Gasteiger partial charge < -0.3 is 5.32 Å². The van der Waals surface area contributed by atoms with Gasteiger partial charge in [0.25, 0.3) is 0 Å². The Labute approximate surface area is 116 Å². The third-order valence-corrected chi connectivity index (χ3v) is 7.10. The second kappa shape index (κ2) is 5.34. The van der Waals surface area contributed by atoms with Gasteiger partial charge in [0.15, 0.2) is 0 Å². The summed E-state index contributed by atoms with van der Waals surface area (Å²) in [5.74, 6) is 0.812. The van der Waals surface area contributed by atoms with Crippen LogP contribution in [0.15, 0.2) is 0 Å². The molecular weight excluding hydrogens is 260 g/mol. The van der Waals surface area contributed by atoms with Crippen LogP contribution in [0.1, 0.15) is 44.9 Å². The van der Waals surface area contributed by atoms with E-state index in [1.54, 1.807) is 0 Å². The van der Waals surface area contributed by atoms with E-state index in [0.29, 0.717) is 35.7 Å². The molecule has 19 heavy (non-hydrogen) atoms. The molecule has 0 aliphatic carbocycles. The number of sulfone groups is 1. The number of fused-ring (bicyclic) bond motifs is 2. The molecule has 0 spiro atoms. The Bertz CT molecular complexity index is 395. The molecule has 0 aromatic rings. The Hall–Kier alpha value is -0.130. The Balaban J connectivity index is 1.71. The van der Waals surface area contributed by atoms with Crippen LogP contribution in [0, 0.1) is 0 Å². The Morgan fingerprint density at radius 2 is 1.53 bits per heavy atom. The van der Waals surface area contributed by atoms with Crippen LogP contribution in [0.25, 0.3) is 0 Å². The number of hydrogen-bond donors (Lipinski definition) is 1. The summed E-state index contributed by atoms with van der Waals surface area (Å²) in [5.41, 5.74) is 0. The van der Waals surface area contributed by atoms with Crippen LogP contribution in [0.3, 0.4) is 0 Å². The first kappa shape index (κ1) is 13.8. The third kappa shape index (κ3) is 2.83. The van der Waals surface area contributed by atoms with E-state index in [1.807, 2.05) is 0 Å². The molecule has 0 amide bonds. The molecule has 3 aliphatic heterocycles. The van der Waals surface area contributed by atoms with Gasteiger partial charge in [0.1, 0.15) is 9.84 Å². The van der Waals surface area contributed by atoms with Gasteiger partial charge in [0, 0.05) is 24.2 Å². The molecule has 3 aliphatic rings. The van der Waals surface area contributed by atoms with Gasteiger partial charge >= 0.3 is 0 Å². The lowest BCUT2D eigenvalue weighted by Gasteiger charge is -2.53. The predicted molar refractivity (Wildman–Crippen MR) is 77.0 cm³/mol. The Kier molecular flexibility index (Phi) is 3.89. The standard InChI is InChI=1S/C14H26N2O2S/c1-15-11-9-13-3-2-4-14(10-11)16(13)12-5-7-19(17,18)8-6-12/h11-15H,2-10H2,1H3. The molecule has 5 heteroatoms. The molecule has 0 radical (unpaired) electrons. The highest BCUT2D eigenvalue weighted by molar-refractivity contribution is 7.91. The largest absolute Gasteiger partial charge is 0.317 e. The van der Waals surface area contributed by atoms with E-state index in [9.17, 15) is 8.42 Å². The predicted octanol–water partition coefficient (Wildman–Crippen LogP) is 1.17.